The zero-order valence-corrected chi connectivity index (χ0v) is 8.61. The summed E-state index contributed by atoms with van der Waals surface area (Å²) in [6.07, 6.45) is 8.47. The Kier molecular flexibility index (Phi) is 3.04. The Morgan fingerprint density at radius 2 is 2.00 bits per heavy atom. The van der Waals surface area contributed by atoms with Crippen molar-refractivity contribution in [1.82, 2.24) is 5.16 Å². The summed E-state index contributed by atoms with van der Waals surface area (Å²) < 4.78 is 4.77. The average molecular weight is 209 g/mol. The summed E-state index contributed by atoms with van der Waals surface area (Å²) >= 11 is 0. The molecule has 1 aromatic rings. The maximum atomic E-state index is 10.9. The first-order chi connectivity index (χ1) is 7.29. The van der Waals surface area contributed by atoms with E-state index < -0.39 is 5.97 Å². The molecule has 1 fully saturated rings. The predicted octanol–water partition coefficient (Wildman–Crippen LogP) is 2.81. The molecule has 1 aromatic heterocycles. The fourth-order valence-electron chi connectivity index (χ4n) is 2.29. The van der Waals surface area contributed by atoms with E-state index in [-0.39, 0.29) is 5.69 Å². The molecule has 0 unspecified atom stereocenters. The van der Waals surface area contributed by atoms with E-state index in [0.717, 1.165) is 18.4 Å². The normalized spacial score (nSPS) is 18.7. The van der Waals surface area contributed by atoms with Crippen LogP contribution in [0.2, 0.25) is 0 Å². The van der Waals surface area contributed by atoms with Crippen molar-refractivity contribution in [3.8, 4) is 0 Å². The third-order valence-electron chi connectivity index (χ3n) is 3.09. The molecule has 1 saturated carbocycles. The predicted molar refractivity (Wildman–Crippen MR) is 53.9 cm³/mol. The van der Waals surface area contributed by atoms with Gasteiger partial charge in [-0.05, 0) is 18.8 Å². The first-order valence-electron chi connectivity index (χ1n) is 5.46. The molecular weight excluding hydrogens is 194 g/mol. The Balaban J connectivity index is 2.19. The largest absolute Gasteiger partial charge is 0.476 e. The van der Waals surface area contributed by atoms with Crippen LogP contribution in [-0.2, 0) is 0 Å². The van der Waals surface area contributed by atoms with E-state index in [1.54, 1.807) is 0 Å². The smallest absolute Gasteiger partial charge is 0.358 e. The van der Waals surface area contributed by atoms with Gasteiger partial charge in [-0.25, -0.2) is 4.79 Å². The highest BCUT2D eigenvalue weighted by Crippen LogP contribution is 2.33. The molecule has 4 heteroatoms. The van der Waals surface area contributed by atoms with Gasteiger partial charge in [-0.3, -0.25) is 0 Å². The Bertz CT molecular complexity index is 337. The molecule has 1 aliphatic rings. The second kappa shape index (κ2) is 4.47. The van der Waals surface area contributed by atoms with Gasteiger partial charge < -0.3 is 9.63 Å². The molecule has 0 aromatic carbocycles. The number of carboxylic acid groups (broad SMARTS) is 1. The molecule has 1 aliphatic carbocycles. The third kappa shape index (κ3) is 2.19. The van der Waals surface area contributed by atoms with Crippen molar-refractivity contribution < 1.29 is 14.4 Å². The van der Waals surface area contributed by atoms with Crippen molar-refractivity contribution in [3.63, 3.8) is 0 Å². The van der Waals surface area contributed by atoms with Gasteiger partial charge in [0.15, 0.2) is 5.69 Å². The summed E-state index contributed by atoms with van der Waals surface area (Å²) in [5.41, 5.74) is 0.881. The molecule has 0 aliphatic heterocycles. The summed E-state index contributed by atoms with van der Waals surface area (Å²) in [5.74, 6) is -0.659. The Hall–Kier alpha value is -1.32. The summed E-state index contributed by atoms with van der Waals surface area (Å²) in [6, 6.07) is 0. The van der Waals surface area contributed by atoms with E-state index in [1.807, 2.05) is 0 Å². The summed E-state index contributed by atoms with van der Waals surface area (Å²) in [7, 11) is 0. The number of rotatable bonds is 2. The Labute approximate surface area is 88.3 Å². The molecule has 2 rings (SSSR count). The maximum absolute atomic E-state index is 10.9. The van der Waals surface area contributed by atoms with Crippen LogP contribution < -0.4 is 0 Å². The number of nitrogens with zero attached hydrogens (tertiary/aromatic N) is 1. The van der Waals surface area contributed by atoms with Gasteiger partial charge in [0.1, 0.15) is 6.26 Å². The molecule has 0 amide bonds. The minimum atomic E-state index is -0.983. The molecule has 0 radical (unpaired) electrons. The van der Waals surface area contributed by atoms with Crippen LogP contribution in [0.4, 0.5) is 0 Å². The fourth-order valence-corrected chi connectivity index (χ4v) is 2.29. The highest BCUT2D eigenvalue weighted by atomic mass is 16.5. The van der Waals surface area contributed by atoms with Crippen molar-refractivity contribution in [1.29, 1.82) is 0 Å². The van der Waals surface area contributed by atoms with Gasteiger partial charge >= 0.3 is 5.97 Å². The van der Waals surface area contributed by atoms with Gasteiger partial charge in [-0.1, -0.05) is 30.8 Å². The second-order valence-corrected chi connectivity index (χ2v) is 4.11. The Morgan fingerprint density at radius 3 is 2.60 bits per heavy atom. The van der Waals surface area contributed by atoms with E-state index in [9.17, 15) is 4.79 Å². The molecule has 0 atom stereocenters. The SMILES string of the molecule is O=C(O)c1nocc1C1CCCCCC1. The molecule has 15 heavy (non-hydrogen) atoms. The van der Waals surface area contributed by atoms with Crippen molar-refractivity contribution in [2.45, 2.75) is 44.4 Å². The maximum Gasteiger partial charge on any atom is 0.358 e. The lowest BCUT2D eigenvalue weighted by Gasteiger charge is -2.11. The van der Waals surface area contributed by atoms with Crippen molar-refractivity contribution in [3.05, 3.63) is 17.5 Å². The molecule has 4 nitrogen and oxygen atoms in total. The molecule has 0 saturated heterocycles. The van der Waals surface area contributed by atoms with E-state index in [4.69, 9.17) is 9.63 Å². The van der Waals surface area contributed by atoms with Crippen LogP contribution in [-0.4, -0.2) is 16.2 Å². The third-order valence-corrected chi connectivity index (χ3v) is 3.09. The van der Waals surface area contributed by atoms with Crippen LogP contribution in [0.5, 0.6) is 0 Å². The van der Waals surface area contributed by atoms with Crippen LogP contribution in [0.25, 0.3) is 0 Å². The zero-order chi connectivity index (χ0) is 10.7. The van der Waals surface area contributed by atoms with Gasteiger partial charge in [0.2, 0.25) is 0 Å². The first-order valence-corrected chi connectivity index (χ1v) is 5.46. The molecular formula is C11H15NO3. The van der Waals surface area contributed by atoms with E-state index in [1.165, 1.54) is 31.9 Å². The van der Waals surface area contributed by atoms with E-state index in [0.29, 0.717) is 5.92 Å². The number of carbonyl (C=O) groups is 1. The second-order valence-electron chi connectivity index (χ2n) is 4.11. The molecule has 0 bridgehead atoms. The summed E-state index contributed by atoms with van der Waals surface area (Å²) in [4.78, 5) is 10.9. The van der Waals surface area contributed by atoms with Crippen LogP contribution in [0.1, 0.15) is 60.5 Å². The van der Waals surface area contributed by atoms with Gasteiger partial charge in [0.05, 0.1) is 0 Å². The zero-order valence-electron chi connectivity index (χ0n) is 8.61. The van der Waals surface area contributed by atoms with Crippen molar-refractivity contribution in [2.75, 3.05) is 0 Å². The average Bonchev–Trinajstić information content (AvgIpc) is 2.55. The highest BCUT2D eigenvalue weighted by molar-refractivity contribution is 5.86. The highest BCUT2D eigenvalue weighted by Gasteiger charge is 2.23. The summed E-state index contributed by atoms with van der Waals surface area (Å²) in [6.45, 7) is 0. The quantitative estimate of drug-likeness (QED) is 0.761. The molecule has 0 spiro atoms. The van der Waals surface area contributed by atoms with Crippen LogP contribution in [0.15, 0.2) is 10.8 Å². The Morgan fingerprint density at radius 1 is 1.33 bits per heavy atom. The standard InChI is InChI=1S/C11H15NO3/c13-11(14)10-9(7-15-12-10)8-5-3-1-2-4-6-8/h7-8H,1-6H2,(H,13,14). The van der Waals surface area contributed by atoms with Crippen LogP contribution in [0, 0.1) is 0 Å². The van der Waals surface area contributed by atoms with Gasteiger partial charge in [-0.2, -0.15) is 0 Å². The lowest BCUT2D eigenvalue weighted by atomic mass is 9.92. The topological polar surface area (TPSA) is 63.3 Å². The molecule has 1 N–H and O–H groups in total. The number of hydrogen-bond acceptors (Lipinski definition) is 3. The molecule has 82 valence electrons. The summed E-state index contributed by atoms with van der Waals surface area (Å²) in [5, 5.41) is 12.5. The number of aromatic nitrogens is 1. The number of carboxylic acids is 1. The number of hydrogen-bond donors (Lipinski definition) is 1. The lowest BCUT2D eigenvalue weighted by molar-refractivity contribution is 0.0684. The number of aromatic carboxylic acids is 1. The van der Waals surface area contributed by atoms with E-state index >= 15 is 0 Å². The lowest BCUT2D eigenvalue weighted by Crippen LogP contribution is -2.05. The van der Waals surface area contributed by atoms with Gasteiger partial charge in [0, 0.05) is 5.56 Å². The van der Waals surface area contributed by atoms with Gasteiger partial charge in [-0.15, -0.1) is 0 Å². The molecule has 1 heterocycles. The first kappa shape index (κ1) is 10.2. The van der Waals surface area contributed by atoms with Crippen LogP contribution in [0.3, 0.4) is 0 Å². The minimum absolute atomic E-state index is 0.0990. The van der Waals surface area contributed by atoms with Crippen molar-refractivity contribution >= 4 is 5.97 Å². The van der Waals surface area contributed by atoms with E-state index in [2.05, 4.69) is 5.16 Å². The van der Waals surface area contributed by atoms with Crippen LogP contribution >= 0.6 is 0 Å². The minimum Gasteiger partial charge on any atom is -0.476 e. The van der Waals surface area contributed by atoms with Gasteiger partial charge in [0.25, 0.3) is 0 Å². The monoisotopic (exact) mass is 209 g/mol. The fraction of sp³-hybridized carbons (Fsp3) is 0.636. The van der Waals surface area contributed by atoms with Crippen molar-refractivity contribution in [2.24, 2.45) is 0 Å².